The van der Waals surface area contributed by atoms with E-state index in [4.69, 9.17) is 14.2 Å². The Kier molecular flexibility index (Phi) is 4.00. The molecular formula is C28H37NO4. The zero-order valence-electron chi connectivity index (χ0n) is 20.4. The first kappa shape index (κ1) is 20.8. The van der Waals surface area contributed by atoms with Crippen molar-refractivity contribution in [2.75, 3.05) is 27.3 Å². The van der Waals surface area contributed by atoms with E-state index in [0.717, 1.165) is 43.2 Å². The van der Waals surface area contributed by atoms with E-state index >= 15 is 0 Å². The molecule has 3 fully saturated rings. The fourth-order valence-corrected chi connectivity index (χ4v) is 8.88. The maximum Gasteiger partial charge on any atom is 0.166 e. The monoisotopic (exact) mass is 451 g/mol. The number of fused-ring (bicyclic) bond motifs is 1. The van der Waals surface area contributed by atoms with E-state index in [0.29, 0.717) is 12.5 Å². The summed E-state index contributed by atoms with van der Waals surface area (Å²) in [5, 5.41) is 11.7. The van der Waals surface area contributed by atoms with E-state index in [1.54, 1.807) is 7.11 Å². The topological polar surface area (TPSA) is 51.2 Å². The maximum atomic E-state index is 11.7. The van der Waals surface area contributed by atoms with Crippen LogP contribution in [0.2, 0.25) is 0 Å². The number of likely N-dealkylation sites (tertiary alicyclic amines) is 1. The van der Waals surface area contributed by atoms with Gasteiger partial charge in [0.25, 0.3) is 0 Å². The molecule has 2 spiro atoms. The molecule has 0 aromatic heterocycles. The van der Waals surface area contributed by atoms with Gasteiger partial charge in [0, 0.05) is 36.6 Å². The Bertz CT molecular complexity index is 1050. The van der Waals surface area contributed by atoms with Crippen LogP contribution in [-0.4, -0.2) is 60.7 Å². The molecule has 178 valence electrons. The summed E-state index contributed by atoms with van der Waals surface area (Å²) in [5.74, 6) is 2.60. The molecule has 7 atom stereocenters. The Hall–Kier alpha value is -1.56. The van der Waals surface area contributed by atoms with Crippen molar-refractivity contribution in [1.82, 2.24) is 4.90 Å². The van der Waals surface area contributed by atoms with Crippen molar-refractivity contribution >= 4 is 0 Å². The smallest absolute Gasteiger partial charge is 0.166 e. The van der Waals surface area contributed by atoms with Crippen LogP contribution in [0, 0.1) is 17.3 Å². The number of hydrogen-bond acceptors (Lipinski definition) is 5. The standard InChI is InChI=1S/C28H37NO4/c1-5-25(2,30)20-15-26-10-11-28(20,32-4)24-27(26)12-13-29(16-17-6-7-17)21(26)14-18-8-9-19(31-3)23(33-24)22(18)27/h8-11,17,20-21,24,30H,5-7,12-16H2,1-4H3/t20?,21?,24-,25?,26-,27+,28-/m1/s1. The van der Waals surface area contributed by atoms with Crippen LogP contribution in [0.25, 0.3) is 0 Å². The Morgan fingerprint density at radius 3 is 2.76 bits per heavy atom. The molecule has 0 radical (unpaired) electrons. The van der Waals surface area contributed by atoms with Crippen molar-refractivity contribution in [2.45, 2.75) is 81.1 Å². The van der Waals surface area contributed by atoms with E-state index in [1.165, 1.54) is 30.5 Å². The Morgan fingerprint density at radius 1 is 1.24 bits per heavy atom. The number of aliphatic hydroxyl groups is 1. The third-order valence-corrected chi connectivity index (χ3v) is 10.8. The molecule has 2 heterocycles. The molecular weight excluding hydrogens is 414 g/mol. The molecule has 3 unspecified atom stereocenters. The highest BCUT2D eigenvalue weighted by Gasteiger charge is 2.80. The first-order valence-corrected chi connectivity index (χ1v) is 13.0. The first-order chi connectivity index (χ1) is 15.9. The van der Waals surface area contributed by atoms with Crippen LogP contribution in [0.15, 0.2) is 24.3 Å². The van der Waals surface area contributed by atoms with Crippen molar-refractivity contribution in [3.8, 4) is 11.5 Å². The highest BCUT2D eigenvalue weighted by atomic mass is 16.6. The number of nitrogens with zero attached hydrogens (tertiary/aromatic N) is 1. The zero-order chi connectivity index (χ0) is 22.8. The van der Waals surface area contributed by atoms with Crippen LogP contribution in [0.3, 0.4) is 0 Å². The van der Waals surface area contributed by atoms with Gasteiger partial charge in [0.2, 0.25) is 0 Å². The molecule has 4 bridgehead atoms. The summed E-state index contributed by atoms with van der Waals surface area (Å²) in [6, 6.07) is 4.82. The molecule has 2 aliphatic heterocycles. The van der Waals surface area contributed by atoms with Crippen molar-refractivity contribution in [3.05, 3.63) is 35.4 Å². The van der Waals surface area contributed by atoms with Gasteiger partial charge in [-0.25, -0.2) is 0 Å². The van der Waals surface area contributed by atoms with E-state index in [-0.39, 0.29) is 22.9 Å². The molecule has 1 N–H and O–H groups in total. The summed E-state index contributed by atoms with van der Waals surface area (Å²) >= 11 is 0. The van der Waals surface area contributed by atoms with Gasteiger partial charge in [0.15, 0.2) is 11.5 Å². The van der Waals surface area contributed by atoms with E-state index in [9.17, 15) is 5.11 Å². The highest BCUT2D eigenvalue weighted by molar-refractivity contribution is 5.65. The second-order valence-electron chi connectivity index (χ2n) is 11.9. The van der Waals surface area contributed by atoms with Gasteiger partial charge in [-0.15, -0.1) is 0 Å². The Morgan fingerprint density at radius 2 is 2.06 bits per heavy atom. The number of hydrogen-bond donors (Lipinski definition) is 1. The molecule has 1 aromatic carbocycles. The lowest BCUT2D eigenvalue weighted by atomic mass is 9.36. The largest absolute Gasteiger partial charge is 0.493 e. The minimum absolute atomic E-state index is 0.0200. The van der Waals surface area contributed by atoms with Gasteiger partial charge in [-0.3, -0.25) is 4.90 Å². The minimum atomic E-state index is -0.826. The average molecular weight is 452 g/mol. The number of benzene rings is 1. The predicted octanol–water partition coefficient (Wildman–Crippen LogP) is 3.86. The summed E-state index contributed by atoms with van der Waals surface area (Å²) in [6.07, 6.45) is 11.2. The molecule has 7 aliphatic rings. The summed E-state index contributed by atoms with van der Waals surface area (Å²) in [7, 11) is 3.55. The summed E-state index contributed by atoms with van der Waals surface area (Å²) in [4.78, 5) is 2.80. The van der Waals surface area contributed by atoms with E-state index in [2.05, 4.69) is 36.1 Å². The van der Waals surface area contributed by atoms with Gasteiger partial charge in [-0.05, 0) is 69.5 Å². The SMILES string of the molecule is CCC(C)(O)C1C[C@@]23C=C[C@]1(OC)[C@@H]1Oc4c(OC)ccc5c4[C@@]12CCN(CC1CC1)C3C5. The van der Waals surface area contributed by atoms with Crippen LogP contribution < -0.4 is 9.47 Å². The second-order valence-corrected chi connectivity index (χ2v) is 11.9. The number of piperidine rings is 1. The van der Waals surface area contributed by atoms with Gasteiger partial charge < -0.3 is 19.3 Å². The van der Waals surface area contributed by atoms with Crippen LogP contribution >= 0.6 is 0 Å². The third-order valence-electron chi connectivity index (χ3n) is 10.8. The number of ether oxygens (including phenoxy) is 3. The van der Waals surface area contributed by atoms with Crippen LogP contribution in [0.1, 0.15) is 57.1 Å². The highest BCUT2D eigenvalue weighted by Crippen LogP contribution is 2.75. The predicted molar refractivity (Wildman–Crippen MR) is 126 cm³/mol. The molecule has 2 saturated carbocycles. The van der Waals surface area contributed by atoms with Crippen LogP contribution in [0.4, 0.5) is 0 Å². The molecule has 5 aliphatic carbocycles. The van der Waals surface area contributed by atoms with Gasteiger partial charge in [0.05, 0.1) is 18.1 Å². The maximum absolute atomic E-state index is 11.7. The lowest BCUT2D eigenvalue weighted by molar-refractivity contribution is -0.248. The fourth-order valence-electron chi connectivity index (χ4n) is 8.88. The van der Waals surface area contributed by atoms with Gasteiger partial charge in [-0.1, -0.05) is 25.1 Å². The first-order valence-electron chi connectivity index (χ1n) is 13.0. The molecule has 0 amide bonds. The quantitative estimate of drug-likeness (QED) is 0.666. The zero-order valence-corrected chi connectivity index (χ0v) is 20.4. The molecule has 5 heteroatoms. The number of methoxy groups -OCH3 is 2. The van der Waals surface area contributed by atoms with Crippen LogP contribution in [0.5, 0.6) is 11.5 Å². The van der Waals surface area contributed by atoms with E-state index in [1.807, 2.05) is 14.0 Å². The minimum Gasteiger partial charge on any atom is -0.493 e. The summed E-state index contributed by atoms with van der Waals surface area (Å²) in [5.41, 5.74) is 1.15. The Balaban J connectivity index is 1.50. The third kappa shape index (κ3) is 2.21. The van der Waals surface area contributed by atoms with Crippen molar-refractivity contribution in [2.24, 2.45) is 17.3 Å². The van der Waals surface area contributed by atoms with Crippen molar-refractivity contribution in [3.63, 3.8) is 0 Å². The van der Waals surface area contributed by atoms with Gasteiger partial charge >= 0.3 is 0 Å². The van der Waals surface area contributed by atoms with Gasteiger partial charge in [-0.2, -0.15) is 0 Å². The lowest BCUT2D eigenvalue weighted by Crippen LogP contribution is -2.80. The normalized spacial score (nSPS) is 43.7. The molecule has 1 saturated heterocycles. The van der Waals surface area contributed by atoms with Crippen molar-refractivity contribution < 1.29 is 19.3 Å². The van der Waals surface area contributed by atoms with Crippen molar-refractivity contribution in [1.29, 1.82) is 0 Å². The molecule has 33 heavy (non-hydrogen) atoms. The van der Waals surface area contributed by atoms with Gasteiger partial charge in [0.1, 0.15) is 11.7 Å². The number of rotatable bonds is 6. The van der Waals surface area contributed by atoms with Crippen LogP contribution in [-0.2, 0) is 16.6 Å². The fraction of sp³-hybridized carbons (Fsp3) is 0.714. The Labute approximate surface area is 197 Å². The average Bonchev–Trinajstić information content (AvgIpc) is 3.57. The summed E-state index contributed by atoms with van der Waals surface area (Å²) in [6.45, 7) is 6.42. The molecule has 1 aromatic rings. The molecule has 5 nitrogen and oxygen atoms in total. The molecule has 8 rings (SSSR count). The second kappa shape index (κ2) is 6.35. The lowest BCUT2D eigenvalue weighted by Gasteiger charge is -2.72. The summed E-state index contributed by atoms with van der Waals surface area (Å²) < 4.78 is 19.3. The van der Waals surface area contributed by atoms with E-state index < -0.39 is 11.2 Å².